The third kappa shape index (κ3) is 4.25. The van der Waals surface area contributed by atoms with E-state index in [1.165, 1.54) is 0 Å². The Morgan fingerprint density at radius 2 is 2.10 bits per heavy atom. The number of carbonyl (C=O) groups is 1. The first kappa shape index (κ1) is 18.1. The van der Waals surface area contributed by atoms with Gasteiger partial charge in [0.25, 0.3) is 5.91 Å². The third-order valence-corrected chi connectivity index (χ3v) is 4.12. The lowest BCUT2D eigenvalue weighted by molar-refractivity contribution is -0.141. The first-order chi connectivity index (χ1) is 9.50. The Morgan fingerprint density at radius 3 is 2.76 bits per heavy atom. The molecule has 118 valence electrons. The predicted molar refractivity (Wildman–Crippen MR) is 87.4 cm³/mol. The summed E-state index contributed by atoms with van der Waals surface area (Å²) in [7, 11) is 0. The molecule has 21 heavy (non-hydrogen) atoms. The van der Waals surface area contributed by atoms with Gasteiger partial charge in [-0.3, -0.25) is 4.79 Å². The van der Waals surface area contributed by atoms with Crippen LogP contribution in [0.5, 0.6) is 5.75 Å². The fourth-order valence-corrected chi connectivity index (χ4v) is 2.56. The van der Waals surface area contributed by atoms with E-state index in [2.05, 4.69) is 19.2 Å². The molecule has 1 saturated heterocycles. The number of nitrogens with one attached hydrogen (secondary N) is 1. The second kappa shape index (κ2) is 7.87. The molecule has 1 heterocycles. The number of benzene rings is 1. The minimum atomic E-state index is -0.539. The van der Waals surface area contributed by atoms with Gasteiger partial charge in [-0.05, 0) is 32.9 Å². The van der Waals surface area contributed by atoms with E-state index >= 15 is 0 Å². The molecule has 1 aromatic carbocycles. The van der Waals surface area contributed by atoms with Crippen LogP contribution in [-0.2, 0) is 4.79 Å². The molecule has 2 rings (SSSR count). The molecular formula is C15H22Cl2N2O2. The Balaban J connectivity index is 0.00000220. The van der Waals surface area contributed by atoms with Gasteiger partial charge in [0.05, 0.1) is 5.02 Å². The highest BCUT2D eigenvalue weighted by molar-refractivity contribution is 6.32. The normalized spacial score (nSPS) is 23.1. The second-order valence-electron chi connectivity index (χ2n) is 5.21. The molecule has 4 nitrogen and oxygen atoms in total. The van der Waals surface area contributed by atoms with Crippen molar-refractivity contribution in [1.29, 1.82) is 0 Å². The molecular weight excluding hydrogens is 311 g/mol. The molecule has 1 aromatic rings. The monoisotopic (exact) mass is 332 g/mol. The smallest absolute Gasteiger partial charge is 0.263 e. The molecule has 1 fully saturated rings. The van der Waals surface area contributed by atoms with Crippen molar-refractivity contribution in [2.24, 2.45) is 0 Å². The van der Waals surface area contributed by atoms with E-state index < -0.39 is 6.10 Å². The zero-order valence-electron chi connectivity index (χ0n) is 12.5. The summed E-state index contributed by atoms with van der Waals surface area (Å²) < 4.78 is 5.70. The number of carbonyl (C=O) groups excluding carboxylic acids is 1. The summed E-state index contributed by atoms with van der Waals surface area (Å²) in [4.78, 5) is 14.4. The summed E-state index contributed by atoms with van der Waals surface area (Å²) in [5.74, 6) is 0.552. The maximum atomic E-state index is 12.5. The summed E-state index contributed by atoms with van der Waals surface area (Å²) in [6.07, 6.45) is -0.539. The molecule has 1 N–H and O–H groups in total. The van der Waals surface area contributed by atoms with E-state index in [1.54, 1.807) is 19.1 Å². The van der Waals surface area contributed by atoms with Crippen molar-refractivity contribution in [3.63, 3.8) is 0 Å². The van der Waals surface area contributed by atoms with E-state index in [-0.39, 0.29) is 24.4 Å². The van der Waals surface area contributed by atoms with Crippen molar-refractivity contribution < 1.29 is 9.53 Å². The number of hydrogen-bond acceptors (Lipinski definition) is 3. The van der Waals surface area contributed by atoms with Crippen molar-refractivity contribution in [2.75, 3.05) is 13.1 Å². The lowest BCUT2D eigenvalue weighted by Gasteiger charge is -2.39. The highest BCUT2D eigenvalue weighted by atomic mass is 35.5. The van der Waals surface area contributed by atoms with Gasteiger partial charge in [0.15, 0.2) is 6.10 Å². The topological polar surface area (TPSA) is 41.6 Å². The van der Waals surface area contributed by atoms with Crippen molar-refractivity contribution in [2.45, 2.75) is 39.0 Å². The fraction of sp³-hybridized carbons (Fsp3) is 0.533. The highest BCUT2D eigenvalue weighted by Gasteiger charge is 2.31. The van der Waals surface area contributed by atoms with Crippen LogP contribution in [0.25, 0.3) is 0 Å². The molecule has 1 aliphatic rings. The van der Waals surface area contributed by atoms with Gasteiger partial charge in [-0.25, -0.2) is 0 Å². The van der Waals surface area contributed by atoms with Gasteiger partial charge in [-0.2, -0.15) is 0 Å². The second-order valence-corrected chi connectivity index (χ2v) is 5.61. The Hall–Kier alpha value is -0.970. The van der Waals surface area contributed by atoms with Gasteiger partial charge in [0.2, 0.25) is 0 Å². The number of halogens is 2. The van der Waals surface area contributed by atoms with Crippen LogP contribution in [-0.4, -0.2) is 42.1 Å². The largest absolute Gasteiger partial charge is 0.479 e. The molecule has 0 bridgehead atoms. The average molecular weight is 333 g/mol. The van der Waals surface area contributed by atoms with Gasteiger partial charge >= 0.3 is 0 Å². The number of amides is 1. The first-order valence-corrected chi connectivity index (χ1v) is 7.33. The number of nitrogens with zero attached hydrogens (tertiary/aromatic N) is 1. The van der Waals surface area contributed by atoms with Crippen LogP contribution in [0.4, 0.5) is 0 Å². The number of para-hydroxylation sites is 1. The molecule has 0 spiro atoms. The minimum absolute atomic E-state index is 0. The zero-order valence-corrected chi connectivity index (χ0v) is 14.1. The summed E-state index contributed by atoms with van der Waals surface area (Å²) in [6, 6.07) is 7.66. The average Bonchev–Trinajstić information content (AvgIpc) is 2.43. The van der Waals surface area contributed by atoms with Crippen LogP contribution >= 0.6 is 24.0 Å². The number of rotatable bonds is 3. The van der Waals surface area contributed by atoms with Crippen molar-refractivity contribution in [1.82, 2.24) is 10.2 Å². The van der Waals surface area contributed by atoms with E-state index in [1.807, 2.05) is 17.0 Å². The molecule has 6 heteroatoms. The van der Waals surface area contributed by atoms with Crippen LogP contribution in [0.15, 0.2) is 24.3 Å². The van der Waals surface area contributed by atoms with Crippen molar-refractivity contribution in [3.8, 4) is 5.75 Å². The number of hydrogen-bond donors (Lipinski definition) is 1. The summed E-state index contributed by atoms with van der Waals surface area (Å²) in [6.45, 7) is 7.43. The first-order valence-electron chi connectivity index (χ1n) is 6.95. The molecule has 3 unspecified atom stereocenters. The lowest BCUT2D eigenvalue weighted by Crippen LogP contribution is -2.59. The summed E-state index contributed by atoms with van der Waals surface area (Å²) in [5.41, 5.74) is 0. The SMILES string of the molecule is CC(Oc1ccccc1Cl)C(=O)N1CCNC(C)C1C.Cl. The van der Waals surface area contributed by atoms with Crippen molar-refractivity contribution in [3.05, 3.63) is 29.3 Å². The van der Waals surface area contributed by atoms with Gasteiger partial charge in [0.1, 0.15) is 5.75 Å². The van der Waals surface area contributed by atoms with Crippen LogP contribution in [0.2, 0.25) is 5.02 Å². The molecule has 0 aromatic heterocycles. The van der Waals surface area contributed by atoms with Crippen LogP contribution < -0.4 is 10.1 Å². The predicted octanol–water partition coefficient (Wildman–Crippen LogP) is 2.74. The van der Waals surface area contributed by atoms with Crippen LogP contribution in [0.1, 0.15) is 20.8 Å². The molecule has 0 saturated carbocycles. The van der Waals surface area contributed by atoms with Gasteiger partial charge in [-0.1, -0.05) is 23.7 Å². The molecule has 1 amide bonds. The molecule has 0 radical (unpaired) electrons. The van der Waals surface area contributed by atoms with Crippen molar-refractivity contribution >= 4 is 29.9 Å². The van der Waals surface area contributed by atoms with E-state index in [0.29, 0.717) is 23.4 Å². The molecule has 3 atom stereocenters. The van der Waals surface area contributed by atoms with E-state index in [9.17, 15) is 4.79 Å². The van der Waals surface area contributed by atoms with E-state index in [4.69, 9.17) is 16.3 Å². The third-order valence-electron chi connectivity index (χ3n) is 3.81. The zero-order chi connectivity index (χ0) is 14.7. The maximum Gasteiger partial charge on any atom is 0.263 e. The number of piperazine rings is 1. The molecule has 1 aliphatic heterocycles. The van der Waals surface area contributed by atoms with E-state index in [0.717, 1.165) is 6.54 Å². The Morgan fingerprint density at radius 1 is 1.43 bits per heavy atom. The number of ether oxygens (including phenoxy) is 1. The van der Waals surface area contributed by atoms with Crippen LogP contribution in [0, 0.1) is 0 Å². The Labute approximate surface area is 137 Å². The van der Waals surface area contributed by atoms with Gasteiger partial charge < -0.3 is 15.0 Å². The summed E-state index contributed by atoms with van der Waals surface area (Å²) >= 11 is 6.05. The Bertz CT molecular complexity index is 484. The van der Waals surface area contributed by atoms with Crippen LogP contribution in [0.3, 0.4) is 0 Å². The fourth-order valence-electron chi connectivity index (χ4n) is 2.38. The molecule has 0 aliphatic carbocycles. The standard InChI is InChI=1S/C15H21ClN2O2.ClH/c1-10-11(2)18(9-8-17-10)15(19)12(3)20-14-7-5-4-6-13(14)16;/h4-7,10-12,17H,8-9H2,1-3H3;1H. The minimum Gasteiger partial charge on any atom is -0.479 e. The highest BCUT2D eigenvalue weighted by Crippen LogP contribution is 2.25. The van der Waals surface area contributed by atoms with Gasteiger partial charge in [0, 0.05) is 25.2 Å². The van der Waals surface area contributed by atoms with Gasteiger partial charge in [-0.15, -0.1) is 12.4 Å². The maximum absolute atomic E-state index is 12.5. The summed E-state index contributed by atoms with van der Waals surface area (Å²) in [5, 5.41) is 3.88. The lowest BCUT2D eigenvalue weighted by atomic mass is 10.1. The quantitative estimate of drug-likeness (QED) is 0.925. The Kier molecular flexibility index (Phi) is 6.78.